The lowest BCUT2D eigenvalue weighted by atomic mass is 9.98. The standard InChI is InChI=1S/C19H24O5/c1-4-7-12(3)15-11-16(18(21)23-15)24-19(22)17-13(8-5-2)9-6-10-14(17)20/h4-6,9-10,12,15-16,18,20-21H,1-2,7-8,11H2,3H3/t12-,15+,16+,18?/m1/s1. The number of ether oxygens (including phenoxy) is 2. The van der Waals surface area contributed by atoms with Crippen LogP contribution in [-0.4, -0.2) is 34.7 Å². The molecule has 0 saturated carbocycles. The molecular weight excluding hydrogens is 308 g/mol. The van der Waals surface area contributed by atoms with Gasteiger partial charge >= 0.3 is 5.97 Å². The Morgan fingerprint density at radius 2 is 2.21 bits per heavy atom. The Bertz CT molecular complexity index is 610. The first-order valence-corrected chi connectivity index (χ1v) is 8.05. The van der Waals surface area contributed by atoms with Gasteiger partial charge in [-0.3, -0.25) is 0 Å². The van der Waals surface area contributed by atoms with Crippen LogP contribution in [0.5, 0.6) is 5.75 Å². The summed E-state index contributed by atoms with van der Waals surface area (Å²) in [5.74, 6) is -0.652. The van der Waals surface area contributed by atoms with E-state index in [4.69, 9.17) is 9.47 Å². The lowest BCUT2D eigenvalue weighted by Gasteiger charge is -2.16. The number of esters is 1. The molecule has 1 saturated heterocycles. The molecule has 1 heterocycles. The third-order valence-electron chi connectivity index (χ3n) is 4.23. The highest BCUT2D eigenvalue weighted by Crippen LogP contribution is 2.30. The highest BCUT2D eigenvalue weighted by molar-refractivity contribution is 5.94. The van der Waals surface area contributed by atoms with Crippen molar-refractivity contribution in [2.75, 3.05) is 0 Å². The zero-order valence-electron chi connectivity index (χ0n) is 13.9. The van der Waals surface area contributed by atoms with Crippen molar-refractivity contribution in [1.29, 1.82) is 0 Å². The van der Waals surface area contributed by atoms with Crippen molar-refractivity contribution in [1.82, 2.24) is 0 Å². The minimum absolute atomic E-state index is 0.104. The summed E-state index contributed by atoms with van der Waals surface area (Å²) in [5, 5.41) is 20.0. The molecule has 0 aliphatic carbocycles. The van der Waals surface area contributed by atoms with E-state index in [1.54, 1.807) is 24.3 Å². The number of phenols is 1. The van der Waals surface area contributed by atoms with Gasteiger partial charge in [0.25, 0.3) is 0 Å². The predicted molar refractivity (Wildman–Crippen MR) is 90.7 cm³/mol. The van der Waals surface area contributed by atoms with Crippen LogP contribution in [0.2, 0.25) is 0 Å². The van der Waals surface area contributed by atoms with Gasteiger partial charge in [0.15, 0.2) is 12.4 Å². The SMILES string of the molecule is C=CCc1cccc(O)c1C(=O)O[C@H]1C[C@@H]([C@H](C)CC=C)OC1O. The Labute approximate surface area is 142 Å². The highest BCUT2D eigenvalue weighted by atomic mass is 16.7. The zero-order valence-corrected chi connectivity index (χ0v) is 13.9. The summed E-state index contributed by atoms with van der Waals surface area (Å²) in [5.41, 5.74) is 0.729. The van der Waals surface area contributed by atoms with E-state index >= 15 is 0 Å². The van der Waals surface area contributed by atoms with E-state index in [0.717, 1.165) is 6.42 Å². The van der Waals surface area contributed by atoms with E-state index in [-0.39, 0.29) is 23.3 Å². The Morgan fingerprint density at radius 1 is 1.46 bits per heavy atom. The van der Waals surface area contributed by atoms with E-state index < -0.39 is 18.4 Å². The average Bonchev–Trinajstić information content (AvgIpc) is 2.89. The molecule has 1 fully saturated rings. The van der Waals surface area contributed by atoms with Crippen LogP contribution in [0.4, 0.5) is 0 Å². The van der Waals surface area contributed by atoms with E-state index in [9.17, 15) is 15.0 Å². The maximum Gasteiger partial charge on any atom is 0.342 e. The van der Waals surface area contributed by atoms with E-state index in [1.165, 1.54) is 6.07 Å². The molecule has 1 aromatic carbocycles. The Hall–Kier alpha value is -2.11. The molecule has 5 nitrogen and oxygen atoms in total. The largest absolute Gasteiger partial charge is 0.507 e. The minimum atomic E-state index is -1.17. The van der Waals surface area contributed by atoms with Crippen LogP contribution in [0.1, 0.15) is 35.7 Å². The van der Waals surface area contributed by atoms with Crippen molar-refractivity contribution in [3.8, 4) is 5.75 Å². The molecule has 1 aromatic rings. The number of hydrogen-bond acceptors (Lipinski definition) is 5. The Balaban J connectivity index is 2.10. The predicted octanol–water partition coefficient (Wildman–Crippen LogP) is 2.97. The number of aromatic hydroxyl groups is 1. The van der Waals surface area contributed by atoms with Crippen LogP contribution < -0.4 is 0 Å². The molecule has 1 aliphatic heterocycles. The van der Waals surface area contributed by atoms with Gasteiger partial charge < -0.3 is 19.7 Å². The number of phenolic OH excluding ortho intramolecular Hbond substituents is 1. The molecule has 0 radical (unpaired) electrons. The molecule has 1 unspecified atom stereocenters. The average molecular weight is 332 g/mol. The number of benzene rings is 1. The third-order valence-corrected chi connectivity index (χ3v) is 4.23. The fourth-order valence-corrected chi connectivity index (χ4v) is 2.90. The number of carbonyl (C=O) groups is 1. The molecule has 0 aromatic heterocycles. The van der Waals surface area contributed by atoms with Gasteiger partial charge in [-0.1, -0.05) is 31.2 Å². The third kappa shape index (κ3) is 4.04. The molecule has 130 valence electrons. The number of carbonyl (C=O) groups excluding carboxylic acids is 1. The molecular formula is C19H24O5. The molecule has 2 N–H and O–H groups in total. The van der Waals surface area contributed by atoms with Crippen molar-refractivity contribution >= 4 is 5.97 Å². The van der Waals surface area contributed by atoms with Gasteiger partial charge in [0.1, 0.15) is 11.3 Å². The topological polar surface area (TPSA) is 76.0 Å². The number of aliphatic hydroxyl groups is 1. The normalized spacial score (nSPS) is 24.3. The first-order valence-electron chi connectivity index (χ1n) is 8.05. The fraction of sp³-hybridized carbons (Fsp3) is 0.421. The summed E-state index contributed by atoms with van der Waals surface area (Å²) in [6, 6.07) is 4.82. The molecule has 4 atom stereocenters. The van der Waals surface area contributed by atoms with Gasteiger partial charge in [-0.2, -0.15) is 0 Å². The van der Waals surface area contributed by atoms with Crippen LogP contribution in [-0.2, 0) is 15.9 Å². The lowest BCUT2D eigenvalue weighted by Crippen LogP contribution is -2.27. The Kier molecular flexibility index (Phi) is 6.17. The van der Waals surface area contributed by atoms with Gasteiger partial charge in [0, 0.05) is 6.42 Å². The van der Waals surface area contributed by atoms with Crippen molar-refractivity contribution < 1.29 is 24.5 Å². The van der Waals surface area contributed by atoms with Crippen LogP contribution in [0.15, 0.2) is 43.5 Å². The summed E-state index contributed by atoms with van der Waals surface area (Å²) < 4.78 is 10.9. The van der Waals surface area contributed by atoms with Gasteiger partial charge in [-0.05, 0) is 30.4 Å². The summed E-state index contributed by atoms with van der Waals surface area (Å²) >= 11 is 0. The number of rotatable bonds is 7. The monoisotopic (exact) mass is 332 g/mol. The van der Waals surface area contributed by atoms with Gasteiger partial charge in [-0.15, -0.1) is 13.2 Å². The molecule has 1 aliphatic rings. The van der Waals surface area contributed by atoms with E-state index in [0.29, 0.717) is 18.4 Å². The summed E-state index contributed by atoms with van der Waals surface area (Å²) in [6.07, 6.45) is 2.91. The summed E-state index contributed by atoms with van der Waals surface area (Å²) in [7, 11) is 0. The summed E-state index contributed by atoms with van der Waals surface area (Å²) in [6.45, 7) is 9.34. The molecule has 24 heavy (non-hydrogen) atoms. The number of hydrogen-bond donors (Lipinski definition) is 2. The van der Waals surface area contributed by atoms with Crippen LogP contribution in [0.25, 0.3) is 0 Å². The first-order chi connectivity index (χ1) is 11.5. The smallest absolute Gasteiger partial charge is 0.342 e. The maximum atomic E-state index is 12.5. The van der Waals surface area contributed by atoms with Crippen LogP contribution >= 0.6 is 0 Å². The molecule has 0 bridgehead atoms. The molecule has 5 heteroatoms. The first kappa shape index (κ1) is 18.2. The van der Waals surface area contributed by atoms with Gasteiger partial charge in [0.05, 0.1) is 6.10 Å². The van der Waals surface area contributed by atoms with Crippen molar-refractivity contribution in [3.63, 3.8) is 0 Å². The van der Waals surface area contributed by atoms with Crippen LogP contribution in [0.3, 0.4) is 0 Å². The van der Waals surface area contributed by atoms with E-state index in [1.807, 2.05) is 6.92 Å². The molecule has 0 spiro atoms. The second-order valence-corrected chi connectivity index (χ2v) is 6.05. The highest BCUT2D eigenvalue weighted by Gasteiger charge is 2.39. The second kappa shape index (κ2) is 8.13. The number of aliphatic hydroxyl groups excluding tert-OH is 1. The maximum absolute atomic E-state index is 12.5. The van der Waals surface area contributed by atoms with Gasteiger partial charge in [0.2, 0.25) is 0 Å². The summed E-state index contributed by atoms with van der Waals surface area (Å²) in [4.78, 5) is 12.5. The van der Waals surface area contributed by atoms with Crippen molar-refractivity contribution in [2.45, 2.75) is 44.7 Å². The zero-order chi connectivity index (χ0) is 17.7. The van der Waals surface area contributed by atoms with Crippen molar-refractivity contribution in [3.05, 3.63) is 54.6 Å². The quantitative estimate of drug-likeness (QED) is 0.593. The fourth-order valence-electron chi connectivity index (χ4n) is 2.90. The van der Waals surface area contributed by atoms with Crippen LogP contribution in [0, 0.1) is 5.92 Å². The lowest BCUT2D eigenvalue weighted by molar-refractivity contribution is -0.136. The Morgan fingerprint density at radius 3 is 2.88 bits per heavy atom. The second-order valence-electron chi connectivity index (χ2n) is 6.05. The molecule has 2 rings (SSSR count). The minimum Gasteiger partial charge on any atom is -0.507 e. The van der Waals surface area contributed by atoms with Gasteiger partial charge in [-0.25, -0.2) is 4.79 Å². The van der Waals surface area contributed by atoms with Crippen molar-refractivity contribution in [2.24, 2.45) is 5.92 Å². The molecule has 0 amide bonds. The van der Waals surface area contributed by atoms with E-state index in [2.05, 4.69) is 13.2 Å². The number of allylic oxidation sites excluding steroid dienone is 2.